The zero-order chi connectivity index (χ0) is 15.7. The number of rotatable bonds is 4. The SMILES string of the molecule is Cc1nc(C)c(CNS(=O)(=O)c2ccc3c(c2)CCCC3)s1. The molecule has 0 bridgehead atoms. The number of hydrogen-bond donors (Lipinski definition) is 1. The molecule has 0 saturated heterocycles. The van der Waals surface area contributed by atoms with Crippen LogP contribution in [0.5, 0.6) is 0 Å². The van der Waals surface area contributed by atoms with Crippen LogP contribution >= 0.6 is 11.3 Å². The van der Waals surface area contributed by atoms with E-state index in [-0.39, 0.29) is 0 Å². The molecule has 1 N–H and O–H groups in total. The van der Waals surface area contributed by atoms with E-state index in [0.717, 1.165) is 34.8 Å². The second-order valence-electron chi connectivity index (χ2n) is 5.70. The third-order valence-electron chi connectivity index (χ3n) is 4.05. The van der Waals surface area contributed by atoms with Crippen LogP contribution in [0.4, 0.5) is 0 Å². The van der Waals surface area contributed by atoms with Gasteiger partial charge in [0.1, 0.15) is 0 Å². The van der Waals surface area contributed by atoms with E-state index >= 15 is 0 Å². The zero-order valence-corrected chi connectivity index (χ0v) is 14.5. The molecule has 0 fully saturated rings. The predicted molar refractivity (Wildman–Crippen MR) is 88.7 cm³/mol. The van der Waals surface area contributed by atoms with Gasteiger partial charge in [-0.2, -0.15) is 0 Å². The average Bonchev–Trinajstić information content (AvgIpc) is 2.82. The lowest BCUT2D eigenvalue weighted by Crippen LogP contribution is -2.23. The summed E-state index contributed by atoms with van der Waals surface area (Å²) in [6.07, 6.45) is 4.37. The molecule has 0 spiro atoms. The van der Waals surface area contributed by atoms with Crippen LogP contribution in [0.15, 0.2) is 23.1 Å². The monoisotopic (exact) mass is 336 g/mol. The third kappa shape index (κ3) is 3.24. The summed E-state index contributed by atoms with van der Waals surface area (Å²) >= 11 is 1.54. The van der Waals surface area contributed by atoms with E-state index in [1.54, 1.807) is 6.07 Å². The van der Waals surface area contributed by atoms with Gasteiger partial charge < -0.3 is 0 Å². The quantitative estimate of drug-likeness (QED) is 0.933. The molecule has 1 aliphatic carbocycles. The van der Waals surface area contributed by atoms with Gasteiger partial charge in [-0.3, -0.25) is 0 Å². The molecule has 0 saturated carbocycles. The van der Waals surface area contributed by atoms with Crippen molar-refractivity contribution in [3.8, 4) is 0 Å². The van der Waals surface area contributed by atoms with E-state index < -0.39 is 10.0 Å². The molecule has 1 aromatic carbocycles. The minimum Gasteiger partial charge on any atom is -0.247 e. The average molecular weight is 336 g/mol. The fourth-order valence-corrected chi connectivity index (χ4v) is 4.87. The summed E-state index contributed by atoms with van der Waals surface area (Å²) in [5.74, 6) is 0. The minimum absolute atomic E-state index is 0.302. The van der Waals surface area contributed by atoms with Gasteiger partial charge in [0.05, 0.1) is 15.6 Å². The molecule has 0 aliphatic heterocycles. The molecule has 2 aromatic rings. The molecule has 6 heteroatoms. The summed E-state index contributed by atoms with van der Waals surface area (Å²) in [6.45, 7) is 4.14. The summed E-state index contributed by atoms with van der Waals surface area (Å²) in [7, 11) is -3.47. The van der Waals surface area contributed by atoms with Crippen molar-refractivity contribution in [2.75, 3.05) is 0 Å². The van der Waals surface area contributed by atoms with Crippen LogP contribution in [-0.2, 0) is 29.4 Å². The maximum atomic E-state index is 12.5. The largest absolute Gasteiger partial charge is 0.247 e. The summed E-state index contributed by atoms with van der Waals surface area (Å²) in [4.78, 5) is 5.66. The van der Waals surface area contributed by atoms with E-state index in [1.165, 1.54) is 28.9 Å². The first-order valence-electron chi connectivity index (χ1n) is 7.50. The predicted octanol–water partition coefficient (Wildman–Crippen LogP) is 3.12. The lowest BCUT2D eigenvalue weighted by atomic mass is 9.92. The number of fused-ring (bicyclic) bond motifs is 1. The Bertz CT molecular complexity index is 794. The fourth-order valence-electron chi connectivity index (χ4n) is 2.86. The molecular weight excluding hydrogens is 316 g/mol. The van der Waals surface area contributed by atoms with Gasteiger partial charge in [-0.25, -0.2) is 18.1 Å². The maximum absolute atomic E-state index is 12.5. The highest BCUT2D eigenvalue weighted by Crippen LogP contribution is 2.24. The van der Waals surface area contributed by atoms with Gasteiger partial charge in [-0.05, 0) is 62.8 Å². The van der Waals surface area contributed by atoms with Crippen LogP contribution in [0, 0.1) is 13.8 Å². The number of benzene rings is 1. The van der Waals surface area contributed by atoms with Gasteiger partial charge in [0.15, 0.2) is 0 Å². The Morgan fingerprint density at radius 2 is 1.91 bits per heavy atom. The lowest BCUT2D eigenvalue weighted by molar-refractivity contribution is 0.581. The Morgan fingerprint density at radius 3 is 2.59 bits per heavy atom. The number of thiazole rings is 1. The van der Waals surface area contributed by atoms with Crippen molar-refractivity contribution in [1.82, 2.24) is 9.71 Å². The Balaban J connectivity index is 1.79. The van der Waals surface area contributed by atoms with Crippen molar-refractivity contribution in [2.45, 2.75) is 51.0 Å². The molecule has 0 amide bonds. The van der Waals surface area contributed by atoms with Crippen molar-refractivity contribution in [2.24, 2.45) is 0 Å². The Hall–Kier alpha value is -1.24. The number of sulfonamides is 1. The van der Waals surface area contributed by atoms with Crippen LogP contribution in [0.1, 0.15) is 39.5 Å². The molecule has 4 nitrogen and oxygen atoms in total. The zero-order valence-electron chi connectivity index (χ0n) is 12.8. The van der Waals surface area contributed by atoms with Gasteiger partial charge in [-0.1, -0.05) is 6.07 Å². The molecule has 0 unspecified atom stereocenters. The highest BCUT2D eigenvalue weighted by molar-refractivity contribution is 7.89. The summed E-state index contributed by atoms with van der Waals surface area (Å²) in [5, 5.41) is 0.959. The van der Waals surface area contributed by atoms with Crippen molar-refractivity contribution in [3.05, 3.63) is 44.9 Å². The van der Waals surface area contributed by atoms with E-state index in [0.29, 0.717) is 11.4 Å². The highest BCUT2D eigenvalue weighted by atomic mass is 32.2. The van der Waals surface area contributed by atoms with Crippen molar-refractivity contribution in [1.29, 1.82) is 0 Å². The number of hydrogen-bond acceptors (Lipinski definition) is 4. The molecular formula is C16H20N2O2S2. The van der Waals surface area contributed by atoms with Gasteiger partial charge in [0, 0.05) is 11.4 Å². The summed E-state index contributed by atoms with van der Waals surface area (Å²) < 4.78 is 27.7. The number of nitrogens with zero attached hydrogens (tertiary/aromatic N) is 1. The van der Waals surface area contributed by atoms with E-state index in [1.807, 2.05) is 26.0 Å². The number of aromatic nitrogens is 1. The van der Waals surface area contributed by atoms with Crippen LogP contribution in [-0.4, -0.2) is 13.4 Å². The topological polar surface area (TPSA) is 59.1 Å². The van der Waals surface area contributed by atoms with Crippen molar-refractivity contribution >= 4 is 21.4 Å². The van der Waals surface area contributed by atoms with Crippen molar-refractivity contribution in [3.63, 3.8) is 0 Å². The lowest BCUT2D eigenvalue weighted by Gasteiger charge is -2.16. The van der Waals surface area contributed by atoms with Gasteiger partial charge >= 0.3 is 0 Å². The fraction of sp³-hybridized carbons (Fsp3) is 0.438. The Morgan fingerprint density at radius 1 is 1.18 bits per heavy atom. The second kappa shape index (κ2) is 6.10. The smallest absolute Gasteiger partial charge is 0.240 e. The van der Waals surface area contributed by atoms with Crippen LogP contribution in [0.2, 0.25) is 0 Å². The molecule has 0 atom stereocenters. The summed E-state index contributed by atoms with van der Waals surface area (Å²) in [6, 6.07) is 5.52. The molecule has 1 aliphatic rings. The molecule has 3 rings (SSSR count). The Labute approximate surface area is 135 Å². The van der Waals surface area contributed by atoms with Gasteiger partial charge in [0.25, 0.3) is 0 Å². The van der Waals surface area contributed by atoms with Gasteiger partial charge in [-0.15, -0.1) is 11.3 Å². The number of nitrogens with one attached hydrogen (secondary N) is 1. The first-order valence-corrected chi connectivity index (χ1v) is 9.80. The molecule has 1 aromatic heterocycles. The van der Waals surface area contributed by atoms with Crippen LogP contribution in [0.3, 0.4) is 0 Å². The van der Waals surface area contributed by atoms with Crippen LogP contribution in [0.25, 0.3) is 0 Å². The van der Waals surface area contributed by atoms with Crippen molar-refractivity contribution < 1.29 is 8.42 Å². The Kier molecular flexibility index (Phi) is 4.34. The first kappa shape index (κ1) is 15.6. The standard InChI is InChI=1S/C16H20N2O2S2/c1-11-16(21-12(2)18-11)10-17-22(19,20)15-8-7-13-5-3-4-6-14(13)9-15/h7-9,17H,3-6,10H2,1-2H3. The maximum Gasteiger partial charge on any atom is 0.240 e. The summed E-state index contributed by atoms with van der Waals surface area (Å²) in [5.41, 5.74) is 3.37. The molecule has 22 heavy (non-hydrogen) atoms. The van der Waals surface area contributed by atoms with Gasteiger partial charge in [0.2, 0.25) is 10.0 Å². The minimum atomic E-state index is -3.47. The third-order valence-corrected chi connectivity index (χ3v) is 6.52. The molecule has 118 valence electrons. The van der Waals surface area contributed by atoms with Crippen LogP contribution < -0.4 is 4.72 Å². The second-order valence-corrected chi connectivity index (χ2v) is 8.76. The molecule has 1 heterocycles. The van der Waals surface area contributed by atoms with E-state index in [4.69, 9.17) is 0 Å². The molecule has 0 radical (unpaired) electrons. The first-order chi connectivity index (χ1) is 10.5. The highest BCUT2D eigenvalue weighted by Gasteiger charge is 2.18. The van der Waals surface area contributed by atoms with E-state index in [9.17, 15) is 8.42 Å². The van der Waals surface area contributed by atoms with E-state index in [2.05, 4.69) is 9.71 Å². The number of aryl methyl sites for hydroxylation is 4. The normalized spacial score (nSPS) is 14.8.